The van der Waals surface area contributed by atoms with Crippen LogP contribution in [0, 0.1) is 25.7 Å². The van der Waals surface area contributed by atoms with E-state index in [-0.39, 0.29) is 0 Å². The van der Waals surface area contributed by atoms with Crippen molar-refractivity contribution < 1.29 is 0 Å². The highest BCUT2D eigenvalue weighted by Crippen LogP contribution is 2.24. The molecule has 0 bridgehead atoms. The van der Waals surface area contributed by atoms with Gasteiger partial charge in [0.05, 0.1) is 0 Å². The Morgan fingerprint density at radius 2 is 1.88 bits per heavy atom. The Bertz CT molecular complexity index is 389. The van der Waals surface area contributed by atoms with Crippen LogP contribution in [0.2, 0.25) is 0 Å². The molecule has 0 aromatic heterocycles. The molecule has 1 heteroatoms. The maximum atomic E-state index is 3.60. The van der Waals surface area contributed by atoms with E-state index in [9.17, 15) is 0 Å². The fourth-order valence-corrected chi connectivity index (χ4v) is 2.18. The molecule has 1 atom stereocenters. The molecule has 0 spiro atoms. The Labute approximate surface area is 106 Å². The highest BCUT2D eigenvalue weighted by Gasteiger charge is 2.13. The minimum atomic E-state index is 0.364. The van der Waals surface area contributed by atoms with Crippen molar-refractivity contribution in [2.45, 2.75) is 46.6 Å². The summed E-state index contributed by atoms with van der Waals surface area (Å²) in [4.78, 5) is 0. The van der Waals surface area contributed by atoms with Crippen LogP contribution in [0.5, 0.6) is 0 Å². The van der Waals surface area contributed by atoms with E-state index < -0.39 is 0 Å². The van der Waals surface area contributed by atoms with Crippen molar-refractivity contribution in [3.8, 4) is 11.8 Å². The summed E-state index contributed by atoms with van der Waals surface area (Å²) in [5.41, 5.74) is 4.14. The first kappa shape index (κ1) is 13.8. The zero-order chi connectivity index (χ0) is 12.7. The highest BCUT2D eigenvalue weighted by atomic mass is 14.9. The van der Waals surface area contributed by atoms with Gasteiger partial charge in [0, 0.05) is 12.5 Å². The van der Waals surface area contributed by atoms with Crippen molar-refractivity contribution in [2.75, 3.05) is 6.54 Å². The molecule has 17 heavy (non-hydrogen) atoms. The van der Waals surface area contributed by atoms with Crippen LogP contribution in [-0.4, -0.2) is 6.54 Å². The average Bonchev–Trinajstić information content (AvgIpc) is 2.31. The van der Waals surface area contributed by atoms with Gasteiger partial charge in [-0.25, -0.2) is 0 Å². The predicted molar refractivity (Wildman–Crippen MR) is 75.0 cm³/mol. The van der Waals surface area contributed by atoms with E-state index >= 15 is 0 Å². The van der Waals surface area contributed by atoms with Crippen molar-refractivity contribution in [2.24, 2.45) is 0 Å². The van der Waals surface area contributed by atoms with E-state index in [1.807, 2.05) is 6.92 Å². The number of hydrogen-bond acceptors (Lipinski definition) is 1. The first-order valence-electron chi connectivity index (χ1n) is 6.39. The third kappa shape index (κ3) is 3.91. The summed E-state index contributed by atoms with van der Waals surface area (Å²) in [6.45, 7) is 9.51. The molecule has 1 aromatic rings. The lowest BCUT2D eigenvalue weighted by molar-refractivity contribution is 0.538. The number of aryl methyl sites for hydroxylation is 2. The van der Waals surface area contributed by atoms with Crippen molar-refractivity contribution in [1.82, 2.24) is 5.32 Å². The molecular weight excluding hydrogens is 206 g/mol. The van der Waals surface area contributed by atoms with Crippen LogP contribution in [-0.2, 0) is 0 Å². The van der Waals surface area contributed by atoms with Gasteiger partial charge in [0.2, 0.25) is 0 Å². The topological polar surface area (TPSA) is 12.0 Å². The number of nitrogens with one attached hydrogen (secondary N) is 1. The van der Waals surface area contributed by atoms with Gasteiger partial charge in [-0.3, -0.25) is 0 Å². The van der Waals surface area contributed by atoms with E-state index in [4.69, 9.17) is 0 Å². The Morgan fingerprint density at radius 1 is 1.24 bits per heavy atom. The summed E-state index contributed by atoms with van der Waals surface area (Å²) in [7, 11) is 0. The van der Waals surface area contributed by atoms with E-state index in [0.717, 1.165) is 19.4 Å². The fraction of sp³-hybridized carbons (Fsp3) is 0.500. The monoisotopic (exact) mass is 229 g/mol. The molecule has 1 unspecified atom stereocenters. The third-order valence-corrected chi connectivity index (χ3v) is 3.01. The lowest BCUT2D eigenvalue weighted by atomic mass is 9.94. The largest absolute Gasteiger partial charge is 0.309 e. The summed E-state index contributed by atoms with van der Waals surface area (Å²) in [6.07, 6.45) is 2.04. The van der Waals surface area contributed by atoms with Crippen LogP contribution in [0.25, 0.3) is 0 Å². The van der Waals surface area contributed by atoms with Gasteiger partial charge in [-0.15, -0.1) is 11.8 Å². The van der Waals surface area contributed by atoms with E-state index in [2.05, 4.69) is 56.1 Å². The molecule has 92 valence electrons. The number of rotatable bonds is 5. The predicted octanol–water partition coefficient (Wildman–Crippen LogP) is 3.76. The Balaban J connectivity index is 2.97. The van der Waals surface area contributed by atoms with Crippen molar-refractivity contribution >= 4 is 0 Å². The van der Waals surface area contributed by atoms with E-state index in [1.54, 1.807) is 0 Å². The quantitative estimate of drug-likeness (QED) is 0.758. The standard InChI is InChI=1S/C16H23N/c1-5-7-11-15(17-12-6-2)16-13(3)9-8-10-14(16)4/h8-10,15,17H,6,11-12H2,1-4H3. The molecule has 0 amide bonds. The second kappa shape index (κ2) is 7.14. The molecule has 0 radical (unpaired) electrons. The summed E-state index contributed by atoms with van der Waals surface area (Å²) in [6, 6.07) is 6.85. The first-order valence-corrected chi connectivity index (χ1v) is 6.39. The van der Waals surface area contributed by atoms with Crippen LogP contribution in [0.3, 0.4) is 0 Å². The zero-order valence-electron chi connectivity index (χ0n) is 11.4. The minimum Gasteiger partial charge on any atom is -0.309 e. The lowest BCUT2D eigenvalue weighted by Crippen LogP contribution is -2.23. The summed E-state index contributed by atoms with van der Waals surface area (Å²) < 4.78 is 0. The number of hydrogen-bond donors (Lipinski definition) is 1. The summed E-state index contributed by atoms with van der Waals surface area (Å²) in [5, 5.41) is 3.60. The highest BCUT2D eigenvalue weighted by molar-refractivity contribution is 5.36. The molecule has 1 rings (SSSR count). The SMILES string of the molecule is CC#CCC(NCCC)c1c(C)cccc1C. The van der Waals surface area contributed by atoms with Gasteiger partial charge < -0.3 is 5.32 Å². The van der Waals surface area contributed by atoms with E-state index in [0.29, 0.717) is 6.04 Å². The molecule has 0 aliphatic carbocycles. The Hall–Kier alpha value is -1.26. The van der Waals surface area contributed by atoms with Gasteiger partial charge in [-0.1, -0.05) is 25.1 Å². The molecule has 0 heterocycles. The van der Waals surface area contributed by atoms with Gasteiger partial charge in [-0.05, 0) is 50.4 Å². The molecule has 0 fully saturated rings. The van der Waals surface area contributed by atoms with Crippen molar-refractivity contribution in [3.63, 3.8) is 0 Å². The molecule has 0 aliphatic heterocycles. The maximum absolute atomic E-state index is 3.60. The minimum absolute atomic E-state index is 0.364. The Morgan fingerprint density at radius 3 is 2.41 bits per heavy atom. The Kier molecular flexibility index (Phi) is 5.80. The first-order chi connectivity index (χ1) is 8.20. The third-order valence-electron chi connectivity index (χ3n) is 3.01. The smallest absolute Gasteiger partial charge is 0.0436 e. The zero-order valence-corrected chi connectivity index (χ0v) is 11.4. The summed E-state index contributed by atoms with van der Waals surface area (Å²) >= 11 is 0. The second-order valence-electron chi connectivity index (χ2n) is 4.44. The lowest BCUT2D eigenvalue weighted by Gasteiger charge is -2.21. The molecule has 1 N–H and O–H groups in total. The second-order valence-corrected chi connectivity index (χ2v) is 4.44. The van der Waals surface area contributed by atoms with Crippen LogP contribution < -0.4 is 5.32 Å². The van der Waals surface area contributed by atoms with Gasteiger partial charge in [-0.2, -0.15) is 0 Å². The van der Waals surface area contributed by atoms with Gasteiger partial charge in [0.25, 0.3) is 0 Å². The summed E-state index contributed by atoms with van der Waals surface area (Å²) in [5.74, 6) is 6.19. The van der Waals surface area contributed by atoms with Gasteiger partial charge in [0.1, 0.15) is 0 Å². The van der Waals surface area contributed by atoms with E-state index in [1.165, 1.54) is 16.7 Å². The molecule has 1 nitrogen and oxygen atoms in total. The van der Waals surface area contributed by atoms with Crippen LogP contribution in [0.15, 0.2) is 18.2 Å². The molecule has 1 aromatic carbocycles. The van der Waals surface area contributed by atoms with Crippen LogP contribution in [0.1, 0.15) is 49.4 Å². The average molecular weight is 229 g/mol. The molecule has 0 saturated carbocycles. The van der Waals surface area contributed by atoms with Crippen molar-refractivity contribution in [1.29, 1.82) is 0 Å². The van der Waals surface area contributed by atoms with Crippen molar-refractivity contribution in [3.05, 3.63) is 34.9 Å². The fourth-order valence-electron chi connectivity index (χ4n) is 2.18. The van der Waals surface area contributed by atoms with Crippen LogP contribution >= 0.6 is 0 Å². The normalized spacial score (nSPS) is 11.8. The molecule has 0 aliphatic rings. The van der Waals surface area contributed by atoms with Gasteiger partial charge >= 0.3 is 0 Å². The van der Waals surface area contributed by atoms with Gasteiger partial charge in [0.15, 0.2) is 0 Å². The van der Waals surface area contributed by atoms with Crippen LogP contribution in [0.4, 0.5) is 0 Å². The number of benzene rings is 1. The molecular formula is C16H23N. The maximum Gasteiger partial charge on any atom is 0.0436 e. The molecule has 0 saturated heterocycles.